The van der Waals surface area contributed by atoms with E-state index in [4.69, 9.17) is 4.52 Å². The summed E-state index contributed by atoms with van der Waals surface area (Å²) >= 11 is 0. The Kier molecular flexibility index (Phi) is 3.84. The van der Waals surface area contributed by atoms with Crippen LogP contribution in [-0.4, -0.2) is 24.7 Å². The lowest BCUT2D eigenvalue weighted by atomic mass is 10.0. The van der Waals surface area contributed by atoms with Crippen molar-refractivity contribution in [3.8, 4) is 11.1 Å². The lowest BCUT2D eigenvalue weighted by Gasteiger charge is -2.14. The third-order valence-corrected chi connectivity index (χ3v) is 5.37. The predicted octanol–water partition coefficient (Wildman–Crippen LogP) is 4.15. The van der Waals surface area contributed by atoms with Crippen LogP contribution in [0.3, 0.4) is 0 Å². The first kappa shape index (κ1) is 17.4. The van der Waals surface area contributed by atoms with Crippen LogP contribution in [0.4, 0.5) is 0 Å². The quantitative estimate of drug-likeness (QED) is 0.504. The second-order valence-electron chi connectivity index (χ2n) is 7.18. The van der Waals surface area contributed by atoms with Gasteiger partial charge in [0.15, 0.2) is 0 Å². The van der Waals surface area contributed by atoms with Crippen LogP contribution >= 0.6 is 0 Å². The van der Waals surface area contributed by atoms with Gasteiger partial charge in [-0.1, -0.05) is 23.4 Å². The molecule has 0 radical (unpaired) electrons. The molecule has 1 aromatic carbocycles. The van der Waals surface area contributed by atoms with E-state index in [1.165, 1.54) is 0 Å². The monoisotopic (exact) mass is 385 g/mol. The highest BCUT2D eigenvalue weighted by Gasteiger charge is 2.19. The highest BCUT2D eigenvalue weighted by Crippen LogP contribution is 2.32. The van der Waals surface area contributed by atoms with Crippen molar-refractivity contribution in [3.63, 3.8) is 0 Å². The zero-order chi connectivity index (χ0) is 20.1. The van der Waals surface area contributed by atoms with E-state index in [1.54, 1.807) is 17.0 Å². The van der Waals surface area contributed by atoms with Crippen LogP contribution in [0.5, 0.6) is 0 Å². The van der Waals surface area contributed by atoms with Gasteiger partial charge in [0.2, 0.25) is 0 Å². The van der Waals surface area contributed by atoms with Crippen molar-refractivity contribution in [2.75, 3.05) is 0 Å². The molecular formula is C22H19N5O2. The molecule has 1 atom stereocenters. The first-order chi connectivity index (χ1) is 14.0. The Hall–Kier alpha value is -3.74. The molecule has 144 valence electrons. The van der Waals surface area contributed by atoms with E-state index in [2.05, 4.69) is 20.1 Å². The fourth-order valence-electron chi connectivity index (χ4n) is 3.98. The van der Waals surface area contributed by atoms with E-state index >= 15 is 0 Å². The summed E-state index contributed by atoms with van der Waals surface area (Å²) in [4.78, 5) is 24.7. The molecule has 0 fully saturated rings. The SMILES string of the molecule is Cc1noc(C)c1-c1ccc2c(c1)ncc1[nH]c(=O)n([C@H](C)c3ccccn3)c12. The largest absolute Gasteiger partial charge is 0.361 e. The van der Waals surface area contributed by atoms with Crippen LogP contribution in [0, 0.1) is 13.8 Å². The number of nitrogens with one attached hydrogen (secondary N) is 1. The molecule has 7 nitrogen and oxygen atoms in total. The summed E-state index contributed by atoms with van der Waals surface area (Å²) < 4.78 is 7.05. The molecule has 0 bridgehead atoms. The number of rotatable bonds is 3. The molecule has 0 saturated carbocycles. The summed E-state index contributed by atoms with van der Waals surface area (Å²) in [7, 11) is 0. The zero-order valence-corrected chi connectivity index (χ0v) is 16.3. The van der Waals surface area contributed by atoms with Gasteiger partial charge in [0.05, 0.1) is 40.2 Å². The minimum atomic E-state index is -0.217. The summed E-state index contributed by atoms with van der Waals surface area (Å²) in [6, 6.07) is 11.5. The fourth-order valence-corrected chi connectivity index (χ4v) is 3.98. The summed E-state index contributed by atoms with van der Waals surface area (Å²) in [5, 5.41) is 4.95. The molecule has 4 aromatic heterocycles. The third-order valence-electron chi connectivity index (χ3n) is 5.37. The normalized spacial score (nSPS) is 12.7. The first-order valence-corrected chi connectivity index (χ1v) is 9.41. The van der Waals surface area contributed by atoms with Crippen molar-refractivity contribution < 1.29 is 4.52 Å². The molecular weight excluding hydrogens is 366 g/mol. The van der Waals surface area contributed by atoms with E-state index < -0.39 is 0 Å². The maximum atomic E-state index is 12.8. The van der Waals surface area contributed by atoms with Gasteiger partial charge in [0.25, 0.3) is 0 Å². The second-order valence-corrected chi connectivity index (χ2v) is 7.18. The number of aryl methyl sites for hydroxylation is 2. The molecule has 29 heavy (non-hydrogen) atoms. The van der Waals surface area contributed by atoms with Crippen molar-refractivity contribution in [1.29, 1.82) is 0 Å². The third kappa shape index (κ3) is 2.66. The summed E-state index contributed by atoms with van der Waals surface area (Å²) in [5.74, 6) is 0.769. The first-order valence-electron chi connectivity index (χ1n) is 9.41. The fraction of sp³-hybridized carbons (Fsp3) is 0.182. The molecule has 0 spiro atoms. The van der Waals surface area contributed by atoms with Gasteiger partial charge >= 0.3 is 5.69 Å². The summed E-state index contributed by atoms with van der Waals surface area (Å²) in [6.45, 7) is 5.79. The van der Waals surface area contributed by atoms with Gasteiger partial charge in [-0.05, 0) is 44.5 Å². The van der Waals surface area contributed by atoms with E-state index in [-0.39, 0.29) is 11.7 Å². The second kappa shape index (κ2) is 6.41. The Bertz CT molecular complexity index is 1390. The van der Waals surface area contributed by atoms with Gasteiger partial charge in [-0.15, -0.1) is 0 Å². The Morgan fingerprint density at radius 2 is 2.00 bits per heavy atom. The lowest BCUT2D eigenvalue weighted by molar-refractivity contribution is 0.393. The Labute approximate surface area is 166 Å². The molecule has 1 N–H and O–H groups in total. The van der Waals surface area contributed by atoms with E-state index in [0.717, 1.165) is 44.7 Å². The average Bonchev–Trinajstić information content (AvgIpc) is 3.25. The Morgan fingerprint density at radius 3 is 2.72 bits per heavy atom. The molecule has 0 aliphatic heterocycles. The van der Waals surface area contributed by atoms with Gasteiger partial charge in [0.1, 0.15) is 5.76 Å². The number of H-pyrrole nitrogens is 1. The molecule has 0 saturated heterocycles. The molecule has 0 aliphatic carbocycles. The van der Waals surface area contributed by atoms with Gasteiger partial charge in [-0.2, -0.15) is 0 Å². The number of imidazole rings is 1. The smallest absolute Gasteiger partial charge is 0.327 e. The highest BCUT2D eigenvalue weighted by atomic mass is 16.5. The maximum absolute atomic E-state index is 12.8. The van der Waals surface area contributed by atoms with E-state index in [0.29, 0.717) is 5.52 Å². The minimum absolute atomic E-state index is 0.178. The van der Waals surface area contributed by atoms with Crippen molar-refractivity contribution in [2.24, 2.45) is 0 Å². The van der Waals surface area contributed by atoms with Crippen LogP contribution in [-0.2, 0) is 0 Å². The number of pyridine rings is 2. The number of hydrogen-bond donors (Lipinski definition) is 1. The number of aromatic amines is 1. The van der Waals surface area contributed by atoms with Crippen LogP contribution in [0.1, 0.15) is 30.1 Å². The van der Waals surface area contributed by atoms with Gasteiger partial charge in [-0.3, -0.25) is 14.5 Å². The lowest BCUT2D eigenvalue weighted by Crippen LogP contribution is -2.21. The van der Waals surface area contributed by atoms with Crippen molar-refractivity contribution in [1.82, 2.24) is 24.7 Å². The molecule has 7 heteroatoms. The maximum Gasteiger partial charge on any atom is 0.327 e. The predicted molar refractivity (Wildman–Crippen MR) is 111 cm³/mol. The van der Waals surface area contributed by atoms with E-state index in [1.807, 2.05) is 57.2 Å². The van der Waals surface area contributed by atoms with Crippen LogP contribution in [0.25, 0.3) is 33.1 Å². The number of aromatic nitrogens is 5. The topological polar surface area (TPSA) is 89.6 Å². The van der Waals surface area contributed by atoms with Gasteiger partial charge < -0.3 is 9.51 Å². The highest BCUT2D eigenvalue weighted by molar-refractivity contribution is 6.03. The van der Waals surface area contributed by atoms with Gasteiger partial charge in [-0.25, -0.2) is 4.79 Å². The Morgan fingerprint density at radius 1 is 1.14 bits per heavy atom. The van der Waals surface area contributed by atoms with Crippen LogP contribution in [0.2, 0.25) is 0 Å². The van der Waals surface area contributed by atoms with Crippen LogP contribution in [0.15, 0.2) is 58.1 Å². The van der Waals surface area contributed by atoms with Crippen molar-refractivity contribution in [2.45, 2.75) is 26.8 Å². The molecule has 4 heterocycles. The van der Waals surface area contributed by atoms with Crippen LogP contribution < -0.4 is 5.69 Å². The molecule has 5 rings (SSSR count). The average molecular weight is 385 g/mol. The number of hydrogen-bond acceptors (Lipinski definition) is 5. The molecule has 0 unspecified atom stereocenters. The van der Waals surface area contributed by atoms with E-state index in [9.17, 15) is 4.79 Å². The number of fused-ring (bicyclic) bond motifs is 3. The Balaban J connectivity index is 1.76. The molecule has 0 amide bonds. The molecule has 0 aliphatic rings. The standard InChI is InChI=1S/C22H19N5O2/c1-12-20(14(3)29-26-12)15-7-8-16-18(10-15)24-11-19-21(16)27(22(28)25-19)13(2)17-6-4-5-9-23-17/h4-11,13H,1-3H3,(H,25,28)/t13-/m1/s1. The number of benzene rings is 1. The minimum Gasteiger partial charge on any atom is -0.361 e. The number of nitrogens with zero attached hydrogens (tertiary/aromatic N) is 4. The summed E-state index contributed by atoms with van der Waals surface area (Å²) in [5.41, 5.74) is 5.78. The van der Waals surface area contributed by atoms with Crippen molar-refractivity contribution >= 4 is 21.9 Å². The van der Waals surface area contributed by atoms with Crippen molar-refractivity contribution in [3.05, 3.63) is 76.4 Å². The molecule has 5 aromatic rings. The summed E-state index contributed by atoms with van der Waals surface area (Å²) in [6.07, 6.45) is 3.44. The zero-order valence-electron chi connectivity index (χ0n) is 16.3. The van der Waals surface area contributed by atoms with Gasteiger partial charge in [0, 0.05) is 17.1 Å².